The summed E-state index contributed by atoms with van der Waals surface area (Å²) >= 11 is 0. The molecule has 0 bridgehead atoms. The maximum Gasteiger partial charge on any atom is 0.0345 e. The van der Waals surface area contributed by atoms with Crippen LogP contribution in [-0.2, 0) is 0 Å². The highest BCUT2D eigenvalue weighted by molar-refractivity contribution is 4.83. The molecule has 1 saturated heterocycles. The number of piperazine rings is 1. The minimum Gasteiger partial charge on any atom is -0.315 e. The van der Waals surface area contributed by atoms with Gasteiger partial charge in [0.15, 0.2) is 0 Å². The first-order chi connectivity index (χ1) is 9.09. The Morgan fingerprint density at radius 2 is 1.74 bits per heavy atom. The fourth-order valence-corrected chi connectivity index (χ4v) is 3.62. The van der Waals surface area contributed by atoms with Gasteiger partial charge >= 0.3 is 0 Å². The van der Waals surface area contributed by atoms with Crippen LogP contribution in [-0.4, -0.2) is 62.7 Å². The van der Waals surface area contributed by atoms with E-state index in [-0.39, 0.29) is 0 Å². The van der Waals surface area contributed by atoms with Crippen molar-refractivity contribution in [3.05, 3.63) is 0 Å². The molecule has 0 aromatic carbocycles. The monoisotopic (exact) mass is 267 g/mol. The third kappa shape index (κ3) is 4.73. The minimum absolute atomic E-state index is 0.551. The van der Waals surface area contributed by atoms with Gasteiger partial charge in [0.25, 0.3) is 0 Å². The summed E-state index contributed by atoms with van der Waals surface area (Å²) < 4.78 is 0. The largest absolute Gasteiger partial charge is 0.315 e. The van der Waals surface area contributed by atoms with Gasteiger partial charge in [0, 0.05) is 38.8 Å². The predicted molar refractivity (Wildman–Crippen MR) is 82.6 cm³/mol. The first kappa shape index (κ1) is 15.3. The molecule has 2 fully saturated rings. The zero-order valence-electron chi connectivity index (χ0n) is 13.2. The molecule has 1 saturated carbocycles. The molecule has 1 unspecified atom stereocenters. The summed E-state index contributed by atoms with van der Waals surface area (Å²) in [4.78, 5) is 4.97. The Kier molecular flexibility index (Phi) is 5.67. The highest BCUT2D eigenvalue weighted by Gasteiger charge is 2.26. The van der Waals surface area contributed by atoms with Gasteiger partial charge in [-0.1, -0.05) is 32.6 Å². The van der Waals surface area contributed by atoms with Crippen molar-refractivity contribution in [3.8, 4) is 0 Å². The van der Waals surface area contributed by atoms with Gasteiger partial charge in [-0.2, -0.15) is 0 Å². The number of hydrogen-bond acceptors (Lipinski definition) is 3. The standard InChI is InChI=1S/C16H33N3/c1-16(8-6-4-5-7-9-16)14-17-12-15-13-18(2)10-11-19(15)3/h15,17H,4-14H2,1-3H3. The number of nitrogens with zero attached hydrogens (tertiary/aromatic N) is 2. The van der Waals surface area contributed by atoms with Gasteiger partial charge in [-0.3, -0.25) is 4.90 Å². The molecule has 0 aromatic rings. The zero-order valence-corrected chi connectivity index (χ0v) is 13.2. The van der Waals surface area contributed by atoms with E-state index in [9.17, 15) is 0 Å². The highest BCUT2D eigenvalue weighted by Crippen LogP contribution is 2.33. The molecular formula is C16H33N3. The molecule has 1 heterocycles. The van der Waals surface area contributed by atoms with Crippen LogP contribution in [0.1, 0.15) is 45.4 Å². The van der Waals surface area contributed by atoms with Gasteiger partial charge in [-0.15, -0.1) is 0 Å². The molecule has 19 heavy (non-hydrogen) atoms. The summed E-state index contributed by atoms with van der Waals surface area (Å²) in [6, 6.07) is 0.688. The van der Waals surface area contributed by atoms with E-state index < -0.39 is 0 Å². The first-order valence-electron chi connectivity index (χ1n) is 8.19. The van der Waals surface area contributed by atoms with E-state index in [0.717, 1.165) is 6.54 Å². The van der Waals surface area contributed by atoms with Gasteiger partial charge in [-0.05, 0) is 32.4 Å². The Morgan fingerprint density at radius 1 is 1.05 bits per heavy atom. The normalized spacial score (nSPS) is 30.2. The topological polar surface area (TPSA) is 18.5 Å². The highest BCUT2D eigenvalue weighted by atomic mass is 15.3. The van der Waals surface area contributed by atoms with Crippen molar-refractivity contribution in [1.82, 2.24) is 15.1 Å². The van der Waals surface area contributed by atoms with Crippen LogP contribution in [0.15, 0.2) is 0 Å². The lowest BCUT2D eigenvalue weighted by Gasteiger charge is -2.38. The van der Waals surface area contributed by atoms with Crippen molar-refractivity contribution in [2.45, 2.75) is 51.5 Å². The predicted octanol–water partition coefficient (Wildman–Crippen LogP) is 2.18. The van der Waals surface area contributed by atoms with E-state index in [1.165, 1.54) is 64.7 Å². The second-order valence-corrected chi connectivity index (χ2v) is 7.25. The van der Waals surface area contributed by atoms with Crippen LogP contribution in [0, 0.1) is 5.41 Å². The Hall–Kier alpha value is -0.120. The Bertz CT molecular complexity index is 259. The van der Waals surface area contributed by atoms with Crippen molar-refractivity contribution in [3.63, 3.8) is 0 Å². The third-order valence-corrected chi connectivity index (χ3v) is 5.22. The Morgan fingerprint density at radius 3 is 2.42 bits per heavy atom. The molecule has 1 atom stereocenters. The summed E-state index contributed by atoms with van der Waals surface area (Å²) in [5.74, 6) is 0. The van der Waals surface area contributed by atoms with E-state index in [0.29, 0.717) is 11.5 Å². The van der Waals surface area contributed by atoms with Crippen LogP contribution in [0.3, 0.4) is 0 Å². The molecule has 0 spiro atoms. The third-order valence-electron chi connectivity index (χ3n) is 5.22. The Labute approximate surface area is 119 Å². The van der Waals surface area contributed by atoms with E-state index in [1.807, 2.05) is 0 Å². The number of hydrogen-bond donors (Lipinski definition) is 1. The van der Waals surface area contributed by atoms with Gasteiger partial charge in [0.2, 0.25) is 0 Å². The fourth-order valence-electron chi connectivity index (χ4n) is 3.62. The Balaban J connectivity index is 1.72. The second-order valence-electron chi connectivity index (χ2n) is 7.25. The lowest BCUT2D eigenvalue weighted by molar-refractivity contribution is 0.110. The van der Waals surface area contributed by atoms with Crippen LogP contribution in [0.2, 0.25) is 0 Å². The molecule has 112 valence electrons. The van der Waals surface area contributed by atoms with Crippen LogP contribution < -0.4 is 5.32 Å². The summed E-state index contributed by atoms with van der Waals surface area (Å²) in [7, 11) is 4.51. The second kappa shape index (κ2) is 7.05. The van der Waals surface area contributed by atoms with E-state index in [2.05, 4.69) is 36.1 Å². The van der Waals surface area contributed by atoms with Crippen molar-refractivity contribution in [2.24, 2.45) is 5.41 Å². The molecule has 1 aliphatic carbocycles. The van der Waals surface area contributed by atoms with Crippen molar-refractivity contribution < 1.29 is 0 Å². The SMILES string of the molecule is CN1CCN(C)C(CNCC2(C)CCCCCC2)C1. The first-order valence-corrected chi connectivity index (χ1v) is 8.19. The molecule has 0 aromatic heterocycles. The molecule has 3 heteroatoms. The maximum atomic E-state index is 3.78. The summed E-state index contributed by atoms with van der Waals surface area (Å²) in [6.07, 6.45) is 8.60. The van der Waals surface area contributed by atoms with Crippen LogP contribution in [0.25, 0.3) is 0 Å². The molecule has 0 amide bonds. The number of likely N-dealkylation sites (N-methyl/N-ethyl adjacent to an activating group) is 2. The fraction of sp³-hybridized carbons (Fsp3) is 1.00. The summed E-state index contributed by atoms with van der Waals surface area (Å²) in [5.41, 5.74) is 0.551. The average molecular weight is 267 g/mol. The zero-order chi connectivity index (χ0) is 13.7. The lowest BCUT2D eigenvalue weighted by atomic mass is 9.82. The molecule has 2 aliphatic rings. The summed E-state index contributed by atoms with van der Waals surface area (Å²) in [6.45, 7) is 8.48. The smallest absolute Gasteiger partial charge is 0.0345 e. The van der Waals surface area contributed by atoms with Crippen molar-refractivity contribution in [1.29, 1.82) is 0 Å². The molecule has 1 aliphatic heterocycles. The van der Waals surface area contributed by atoms with Gasteiger partial charge < -0.3 is 10.2 Å². The lowest BCUT2D eigenvalue weighted by Crippen LogP contribution is -2.54. The van der Waals surface area contributed by atoms with Crippen LogP contribution in [0.4, 0.5) is 0 Å². The molecule has 3 nitrogen and oxygen atoms in total. The van der Waals surface area contributed by atoms with Crippen LogP contribution in [0.5, 0.6) is 0 Å². The quantitative estimate of drug-likeness (QED) is 0.788. The minimum atomic E-state index is 0.551. The van der Waals surface area contributed by atoms with E-state index >= 15 is 0 Å². The van der Waals surface area contributed by atoms with Crippen molar-refractivity contribution in [2.75, 3.05) is 46.8 Å². The molecule has 2 rings (SSSR count). The molecule has 1 N–H and O–H groups in total. The van der Waals surface area contributed by atoms with E-state index in [4.69, 9.17) is 0 Å². The molecule has 0 radical (unpaired) electrons. The van der Waals surface area contributed by atoms with Crippen molar-refractivity contribution >= 4 is 0 Å². The maximum absolute atomic E-state index is 3.78. The van der Waals surface area contributed by atoms with Gasteiger partial charge in [0.1, 0.15) is 0 Å². The number of rotatable bonds is 4. The van der Waals surface area contributed by atoms with Gasteiger partial charge in [0.05, 0.1) is 0 Å². The average Bonchev–Trinajstić information content (AvgIpc) is 2.59. The van der Waals surface area contributed by atoms with Gasteiger partial charge in [-0.25, -0.2) is 0 Å². The molecular weight excluding hydrogens is 234 g/mol. The van der Waals surface area contributed by atoms with Crippen LogP contribution >= 0.6 is 0 Å². The van der Waals surface area contributed by atoms with E-state index in [1.54, 1.807) is 0 Å². The number of nitrogens with one attached hydrogen (secondary N) is 1. The summed E-state index contributed by atoms with van der Waals surface area (Å²) in [5, 5.41) is 3.78.